The number of hydrogen-bond donors (Lipinski definition) is 2. The zero-order valence-corrected chi connectivity index (χ0v) is 12.3. The molecule has 1 atom stereocenters. The van der Waals surface area contributed by atoms with Crippen LogP contribution >= 0.6 is 11.3 Å². The molecule has 1 aromatic carbocycles. The summed E-state index contributed by atoms with van der Waals surface area (Å²) < 4.78 is 0. The molecule has 0 amide bonds. The Morgan fingerprint density at radius 1 is 1.45 bits per heavy atom. The van der Waals surface area contributed by atoms with E-state index in [2.05, 4.69) is 36.3 Å². The van der Waals surface area contributed by atoms with Crippen LogP contribution in [0.15, 0.2) is 18.2 Å². The highest BCUT2D eigenvalue weighted by Crippen LogP contribution is 2.39. The second-order valence-corrected chi connectivity index (χ2v) is 6.28. The van der Waals surface area contributed by atoms with Crippen molar-refractivity contribution in [2.24, 2.45) is 0 Å². The lowest BCUT2D eigenvalue weighted by atomic mass is 10.1. The molecule has 2 N–H and O–H groups in total. The van der Waals surface area contributed by atoms with Crippen LogP contribution in [0.5, 0.6) is 0 Å². The number of rotatable bonds is 3. The molecule has 0 fully saturated rings. The molecule has 0 spiro atoms. The number of aromatic nitrogens is 1. The molecule has 1 aliphatic carbocycles. The van der Waals surface area contributed by atoms with Gasteiger partial charge in [0.2, 0.25) is 0 Å². The molecule has 1 aliphatic rings. The highest BCUT2D eigenvalue weighted by atomic mass is 32.1. The van der Waals surface area contributed by atoms with Gasteiger partial charge in [-0.3, -0.25) is 4.79 Å². The Balaban J connectivity index is 1.86. The average molecular weight is 288 g/mol. The number of carboxylic acid groups (broad SMARTS) is 1. The minimum absolute atomic E-state index is 0.434. The Bertz CT molecular complexity index is 679. The van der Waals surface area contributed by atoms with Crippen molar-refractivity contribution in [3.05, 3.63) is 39.9 Å². The highest BCUT2D eigenvalue weighted by Gasteiger charge is 2.32. The molecule has 0 radical (unpaired) electrons. The standard InChI is InChI=1S/C15H16N2O2S/c1-8-3-5-11(9(2)7-8)16-15-17-13-10(14(18)19)4-6-12(13)20-15/h3,5,7,10H,4,6H2,1-2H3,(H,16,17)(H,18,19). The summed E-state index contributed by atoms with van der Waals surface area (Å²) >= 11 is 1.57. The lowest BCUT2D eigenvalue weighted by molar-refractivity contribution is -0.138. The van der Waals surface area contributed by atoms with E-state index in [0.717, 1.165) is 33.4 Å². The van der Waals surface area contributed by atoms with Gasteiger partial charge in [-0.2, -0.15) is 0 Å². The van der Waals surface area contributed by atoms with Crippen molar-refractivity contribution >= 4 is 28.1 Å². The smallest absolute Gasteiger partial charge is 0.312 e. The third-order valence-electron chi connectivity index (χ3n) is 3.64. The summed E-state index contributed by atoms with van der Waals surface area (Å²) in [5.74, 6) is -1.21. The van der Waals surface area contributed by atoms with Gasteiger partial charge in [0, 0.05) is 10.6 Å². The predicted molar refractivity (Wildman–Crippen MR) is 80.0 cm³/mol. The molecule has 0 saturated heterocycles. The second-order valence-electron chi connectivity index (χ2n) is 5.20. The van der Waals surface area contributed by atoms with E-state index in [1.807, 2.05) is 6.07 Å². The number of aliphatic carboxylic acids is 1. The van der Waals surface area contributed by atoms with Gasteiger partial charge in [-0.1, -0.05) is 17.7 Å². The largest absolute Gasteiger partial charge is 0.481 e. The number of fused-ring (bicyclic) bond motifs is 1. The van der Waals surface area contributed by atoms with E-state index in [-0.39, 0.29) is 0 Å². The molecule has 3 rings (SSSR count). The molecule has 1 unspecified atom stereocenters. The van der Waals surface area contributed by atoms with Crippen LogP contribution in [0.1, 0.15) is 34.0 Å². The number of benzene rings is 1. The number of hydrogen-bond acceptors (Lipinski definition) is 4. The van der Waals surface area contributed by atoms with Crippen molar-refractivity contribution in [3.63, 3.8) is 0 Å². The molecule has 4 nitrogen and oxygen atoms in total. The molecular weight excluding hydrogens is 272 g/mol. The number of carboxylic acids is 1. The molecule has 1 heterocycles. The molecule has 0 saturated carbocycles. The fourth-order valence-electron chi connectivity index (χ4n) is 2.59. The van der Waals surface area contributed by atoms with E-state index in [4.69, 9.17) is 0 Å². The maximum absolute atomic E-state index is 11.2. The highest BCUT2D eigenvalue weighted by molar-refractivity contribution is 7.15. The van der Waals surface area contributed by atoms with Crippen molar-refractivity contribution in [2.75, 3.05) is 5.32 Å². The molecule has 20 heavy (non-hydrogen) atoms. The van der Waals surface area contributed by atoms with Crippen LogP contribution in [0, 0.1) is 13.8 Å². The Morgan fingerprint density at radius 3 is 2.95 bits per heavy atom. The van der Waals surface area contributed by atoms with Gasteiger partial charge in [0.25, 0.3) is 0 Å². The molecule has 104 valence electrons. The first-order valence-corrected chi connectivity index (χ1v) is 7.43. The van der Waals surface area contributed by atoms with Crippen LogP contribution < -0.4 is 5.32 Å². The van der Waals surface area contributed by atoms with Gasteiger partial charge in [0.1, 0.15) is 5.92 Å². The van der Waals surface area contributed by atoms with Gasteiger partial charge >= 0.3 is 5.97 Å². The van der Waals surface area contributed by atoms with E-state index in [1.165, 1.54) is 5.56 Å². The maximum atomic E-state index is 11.2. The minimum atomic E-state index is -0.771. The fourth-order valence-corrected chi connectivity index (χ4v) is 3.64. The summed E-state index contributed by atoms with van der Waals surface area (Å²) in [5, 5.41) is 13.3. The van der Waals surface area contributed by atoms with Crippen molar-refractivity contribution in [1.82, 2.24) is 4.98 Å². The Kier molecular flexibility index (Phi) is 3.22. The topological polar surface area (TPSA) is 62.2 Å². The molecule has 2 aromatic rings. The van der Waals surface area contributed by atoms with Gasteiger partial charge < -0.3 is 10.4 Å². The Labute approximate surface area is 121 Å². The number of thiazole rings is 1. The van der Waals surface area contributed by atoms with Gasteiger partial charge in [-0.05, 0) is 38.3 Å². The number of aryl methyl sites for hydroxylation is 3. The molecule has 0 bridgehead atoms. The zero-order valence-electron chi connectivity index (χ0n) is 11.4. The summed E-state index contributed by atoms with van der Waals surface area (Å²) in [6, 6.07) is 6.20. The van der Waals surface area contributed by atoms with E-state index in [1.54, 1.807) is 11.3 Å². The minimum Gasteiger partial charge on any atom is -0.481 e. The summed E-state index contributed by atoms with van der Waals surface area (Å²) in [4.78, 5) is 16.7. The Morgan fingerprint density at radius 2 is 2.25 bits per heavy atom. The molecular formula is C15H16N2O2S. The molecule has 0 aliphatic heterocycles. The van der Waals surface area contributed by atoms with Crippen LogP contribution in [-0.2, 0) is 11.2 Å². The summed E-state index contributed by atoms with van der Waals surface area (Å²) in [7, 11) is 0. The van der Waals surface area contributed by atoms with Crippen LogP contribution in [-0.4, -0.2) is 16.1 Å². The fraction of sp³-hybridized carbons (Fsp3) is 0.333. The van der Waals surface area contributed by atoms with Crippen molar-refractivity contribution in [2.45, 2.75) is 32.6 Å². The van der Waals surface area contributed by atoms with Gasteiger partial charge in [0.15, 0.2) is 5.13 Å². The predicted octanol–water partition coefficient (Wildman–Crippen LogP) is 3.62. The van der Waals surface area contributed by atoms with Crippen molar-refractivity contribution < 1.29 is 9.90 Å². The lowest BCUT2D eigenvalue weighted by Gasteiger charge is -2.08. The normalized spacial score (nSPS) is 17.0. The van der Waals surface area contributed by atoms with Gasteiger partial charge in [0.05, 0.1) is 5.69 Å². The van der Waals surface area contributed by atoms with E-state index in [9.17, 15) is 9.90 Å². The summed E-state index contributed by atoms with van der Waals surface area (Å²) in [5.41, 5.74) is 4.15. The maximum Gasteiger partial charge on any atom is 0.312 e. The zero-order chi connectivity index (χ0) is 14.3. The number of nitrogens with one attached hydrogen (secondary N) is 1. The first-order valence-electron chi connectivity index (χ1n) is 6.61. The van der Waals surface area contributed by atoms with Gasteiger partial charge in [-0.15, -0.1) is 11.3 Å². The van der Waals surface area contributed by atoms with Crippen LogP contribution in [0.3, 0.4) is 0 Å². The second kappa shape index (κ2) is 4.90. The number of carbonyl (C=O) groups is 1. The van der Waals surface area contributed by atoms with Crippen LogP contribution in [0.2, 0.25) is 0 Å². The van der Waals surface area contributed by atoms with E-state index in [0.29, 0.717) is 6.42 Å². The monoisotopic (exact) mass is 288 g/mol. The van der Waals surface area contributed by atoms with Crippen LogP contribution in [0.4, 0.5) is 10.8 Å². The van der Waals surface area contributed by atoms with Gasteiger partial charge in [-0.25, -0.2) is 4.98 Å². The number of nitrogens with zero attached hydrogens (tertiary/aromatic N) is 1. The van der Waals surface area contributed by atoms with Crippen molar-refractivity contribution in [1.29, 1.82) is 0 Å². The van der Waals surface area contributed by atoms with Crippen LogP contribution in [0.25, 0.3) is 0 Å². The third kappa shape index (κ3) is 2.29. The van der Waals surface area contributed by atoms with E-state index < -0.39 is 11.9 Å². The average Bonchev–Trinajstić information content (AvgIpc) is 2.91. The first-order chi connectivity index (χ1) is 9.54. The SMILES string of the molecule is Cc1ccc(Nc2nc3c(s2)CCC3C(=O)O)c(C)c1. The third-order valence-corrected chi connectivity index (χ3v) is 4.69. The Hall–Kier alpha value is -1.88. The molecule has 1 aromatic heterocycles. The van der Waals surface area contributed by atoms with Crippen molar-refractivity contribution in [3.8, 4) is 0 Å². The summed E-state index contributed by atoms with van der Waals surface area (Å²) in [6.07, 6.45) is 1.49. The molecule has 5 heteroatoms. The first kappa shape index (κ1) is 13.1. The lowest BCUT2D eigenvalue weighted by Crippen LogP contribution is -2.08. The number of anilines is 2. The van der Waals surface area contributed by atoms with E-state index >= 15 is 0 Å². The quantitative estimate of drug-likeness (QED) is 0.905. The summed E-state index contributed by atoms with van der Waals surface area (Å²) in [6.45, 7) is 4.11.